The third-order valence-corrected chi connectivity index (χ3v) is 4.19. The Morgan fingerprint density at radius 2 is 2.06 bits per heavy atom. The molecule has 0 unspecified atom stereocenters. The van der Waals surface area contributed by atoms with E-state index in [2.05, 4.69) is 0 Å². The molecule has 1 saturated carbocycles. The third kappa shape index (κ3) is 2.60. The first-order chi connectivity index (χ1) is 8.06. The lowest BCUT2D eigenvalue weighted by molar-refractivity contribution is -0.141. The Morgan fingerprint density at radius 1 is 1.47 bits per heavy atom. The molecule has 2 fully saturated rings. The lowest BCUT2D eigenvalue weighted by Gasteiger charge is -2.37. The van der Waals surface area contributed by atoms with E-state index in [9.17, 15) is 4.79 Å². The third-order valence-electron chi connectivity index (χ3n) is 3.80. The Balaban J connectivity index is 2.08. The van der Waals surface area contributed by atoms with Crippen molar-refractivity contribution in [2.24, 2.45) is 17.1 Å². The molecule has 2 N–H and O–H groups in total. The van der Waals surface area contributed by atoms with E-state index in [0.29, 0.717) is 37.0 Å². The number of rotatable bonds is 4. The van der Waals surface area contributed by atoms with Gasteiger partial charge in [0.05, 0.1) is 4.99 Å². The van der Waals surface area contributed by atoms with Gasteiger partial charge in [-0.15, -0.1) is 0 Å². The minimum Gasteiger partial charge on any atom is -0.392 e. The van der Waals surface area contributed by atoms with Gasteiger partial charge >= 0.3 is 0 Å². The predicted octanol–water partition coefficient (Wildman–Crippen LogP) is 0.938. The molecule has 0 radical (unpaired) electrons. The zero-order chi connectivity index (χ0) is 12.5. The quantitative estimate of drug-likeness (QED) is 0.761. The highest BCUT2D eigenvalue weighted by Gasteiger charge is 2.45. The summed E-state index contributed by atoms with van der Waals surface area (Å²) in [5.41, 5.74) is 5.16. The fourth-order valence-electron chi connectivity index (χ4n) is 2.42. The van der Waals surface area contributed by atoms with Gasteiger partial charge in [0, 0.05) is 26.8 Å². The van der Waals surface area contributed by atoms with Gasteiger partial charge in [-0.05, 0) is 31.6 Å². The second-order valence-corrected chi connectivity index (χ2v) is 5.63. The number of nitrogens with zero attached hydrogens (tertiary/aromatic N) is 1. The average molecular weight is 256 g/mol. The number of carbonyl (C=O) groups is 1. The lowest BCUT2D eigenvalue weighted by atomic mass is 9.78. The highest BCUT2D eigenvalue weighted by Crippen LogP contribution is 2.35. The van der Waals surface area contributed by atoms with E-state index in [1.165, 1.54) is 12.8 Å². The van der Waals surface area contributed by atoms with E-state index in [1.54, 1.807) is 0 Å². The van der Waals surface area contributed by atoms with Gasteiger partial charge in [-0.25, -0.2) is 0 Å². The molecule has 1 heterocycles. The normalized spacial score (nSPS) is 23.1. The van der Waals surface area contributed by atoms with Crippen molar-refractivity contribution in [3.05, 3.63) is 0 Å². The van der Waals surface area contributed by atoms with Gasteiger partial charge in [0.15, 0.2) is 0 Å². The second kappa shape index (κ2) is 4.90. The molecule has 0 aromatic heterocycles. The molecule has 96 valence electrons. The molecule has 17 heavy (non-hydrogen) atoms. The van der Waals surface area contributed by atoms with Crippen LogP contribution < -0.4 is 5.73 Å². The number of nitrogens with two attached hydrogens (primary N) is 1. The van der Waals surface area contributed by atoms with Crippen LogP contribution in [0.4, 0.5) is 0 Å². The van der Waals surface area contributed by atoms with E-state index in [0.717, 1.165) is 6.54 Å². The summed E-state index contributed by atoms with van der Waals surface area (Å²) in [6, 6.07) is 0. The summed E-state index contributed by atoms with van der Waals surface area (Å²) in [6.45, 7) is 1.98. The molecule has 1 aliphatic heterocycles. The van der Waals surface area contributed by atoms with Crippen molar-refractivity contribution in [2.75, 3.05) is 26.8 Å². The zero-order valence-electron chi connectivity index (χ0n) is 10.3. The molecule has 2 aliphatic rings. The van der Waals surface area contributed by atoms with Crippen LogP contribution in [0.1, 0.15) is 25.7 Å². The van der Waals surface area contributed by atoms with Crippen molar-refractivity contribution in [3.63, 3.8) is 0 Å². The molecular weight excluding hydrogens is 236 g/mol. The van der Waals surface area contributed by atoms with Gasteiger partial charge in [0.25, 0.3) is 0 Å². The lowest BCUT2D eigenvalue weighted by Crippen LogP contribution is -2.52. The van der Waals surface area contributed by atoms with Gasteiger partial charge < -0.3 is 15.4 Å². The van der Waals surface area contributed by atoms with Crippen LogP contribution in [0.5, 0.6) is 0 Å². The maximum Gasteiger partial charge on any atom is 0.235 e. The van der Waals surface area contributed by atoms with Gasteiger partial charge in [0.2, 0.25) is 5.91 Å². The van der Waals surface area contributed by atoms with Crippen LogP contribution in [0.2, 0.25) is 0 Å². The predicted molar refractivity (Wildman–Crippen MR) is 69.6 cm³/mol. The van der Waals surface area contributed by atoms with Crippen LogP contribution in [0.25, 0.3) is 0 Å². The minimum atomic E-state index is -0.656. The summed E-state index contributed by atoms with van der Waals surface area (Å²) < 4.78 is 5.31. The molecular formula is C12H20N2O2S. The Labute approximate surface area is 107 Å². The van der Waals surface area contributed by atoms with Crippen LogP contribution in [-0.2, 0) is 9.53 Å². The van der Waals surface area contributed by atoms with Crippen LogP contribution in [0, 0.1) is 11.3 Å². The Kier molecular flexibility index (Phi) is 3.68. The fraction of sp³-hybridized carbons (Fsp3) is 0.833. The van der Waals surface area contributed by atoms with Crippen LogP contribution in [0.3, 0.4) is 0 Å². The SMILES string of the molecule is CN(CC1CC1)C(=O)C1(C(N)=S)CCOCC1. The maximum atomic E-state index is 12.5. The monoisotopic (exact) mass is 256 g/mol. The van der Waals surface area contributed by atoms with Crippen molar-refractivity contribution in [2.45, 2.75) is 25.7 Å². The summed E-state index contributed by atoms with van der Waals surface area (Å²) in [5.74, 6) is 0.771. The number of hydrogen-bond acceptors (Lipinski definition) is 3. The largest absolute Gasteiger partial charge is 0.392 e. The van der Waals surface area contributed by atoms with E-state index in [-0.39, 0.29) is 5.91 Å². The summed E-state index contributed by atoms with van der Waals surface area (Å²) in [5, 5.41) is 0. The first-order valence-corrected chi connectivity index (χ1v) is 6.60. The molecule has 5 heteroatoms. The summed E-state index contributed by atoms with van der Waals surface area (Å²) in [6.07, 6.45) is 3.72. The van der Waals surface area contributed by atoms with Crippen LogP contribution in [0.15, 0.2) is 0 Å². The topological polar surface area (TPSA) is 55.6 Å². The van der Waals surface area contributed by atoms with Crippen molar-refractivity contribution in [1.82, 2.24) is 4.90 Å². The molecule has 0 aromatic rings. The van der Waals surface area contributed by atoms with E-state index in [4.69, 9.17) is 22.7 Å². The number of thiocarbonyl (C=S) groups is 1. The molecule has 0 spiro atoms. The average Bonchev–Trinajstić information content (AvgIpc) is 3.12. The van der Waals surface area contributed by atoms with Crippen molar-refractivity contribution >= 4 is 23.1 Å². The molecule has 2 rings (SSSR count). The first kappa shape index (κ1) is 12.8. The van der Waals surface area contributed by atoms with Crippen LogP contribution in [-0.4, -0.2) is 42.6 Å². The number of ether oxygens (including phenoxy) is 1. The maximum absolute atomic E-state index is 12.5. The molecule has 0 atom stereocenters. The Hall–Kier alpha value is -0.680. The highest BCUT2D eigenvalue weighted by molar-refractivity contribution is 7.80. The first-order valence-electron chi connectivity index (χ1n) is 6.19. The standard InChI is InChI=1S/C12H20N2O2S/c1-14(8-9-2-3-9)11(15)12(10(13)17)4-6-16-7-5-12/h9H,2-8H2,1H3,(H2,13,17). The summed E-state index contributed by atoms with van der Waals surface area (Å²) in [4.78, 5) is 14.7. The number of amides is 1. The molecule has 1 aliphatic carbocycles. The van der Waals surface area contributed by atoms with Crippen molar-refractivity contribution in [1.29, 1.82) is 0 Å². The Morgan fingerprint density at radius 3 is 2.53 bits per heavy atom. The molecule has 1 amide bonds. The minimum absolute atomic E-state index is 0.0835. The van der Waals surface area contributed by atoms with Gasteiger partial charge in [-0.2, -0.15) is 0 Å². The van der Waals surface area contributed by atoms with E-state index < -0.39 is 5.41 Å². The number of hydrogen-bond donors (Lipinski definition) is 1. The highest BCUT2D eigenvalue weighted by atomic mass is 32.1. The summed E-state index contributed by atoms with van der Waals surface area (Å²) >= 11 is 5.13. The van der Waals surface area contributed by atoms with Crippen molar-refractivity contribution < 1.29 is 9.53 Å². The fourth-order valence-corrected chi connectivity index (χ4v) is 2.71. The van der Waals surface area contributed by atoms with E-state index >= 15 is 0 Å². The van der Waals surface area contributed by atoms with Crippen molar-refractivity contribution in [3.8, 4) is 0 Å². The Bertz CT molecular complexity index is 322. The zero-order valence-corrected chi connectivity index (χ0v) is 11.1. The second-order valence-electron chi connectivity index (χ2n) is 5.19. The van der Waals surface area contributed by atoms with Gasteiger partial charge in [0.1, 0.15) is 5.41 Å². The van der Waals surface area contributed by atoms with E-state index in [1.807, 2.05) is 11.9 Å². The van der Waals surface area contributed by atoms with Gasteiger partial charge in [-0.3, -0.25) is 4.79 Å². The van der Waals surface area contributed by atoms with Crippen LogP contribution >= 0.6 is 12.2 Å². The van der Waals surface area contributed by atoms with Gasteiger partial charge in [-0.1, -0.05) is 12.2 Å². The summed E-state index contributed by atoms with van der Waals surface area (Å²) in [7, 11) is 1.86. The molecule has 4 nitrogen and oxygen atoms in total. The molecule has 0 bridgehead atoms. The molecule has 1 saturated heterocycles. The molecule has 0 aromatic carbocycles. The smallest absolute Gasteiger partial charge is 0.235 e. The number of carbonyl (C=O) groups excluding carboxylic acids is 1.